The van der Waals surface area contributed by atoms with Gasteiger partial charge in [-0.1, -0.05) is 24.3 Å². The van der Waals surface area contributed by atoms with Gasteiger partial charge >= 0.3 is 11.9 Å². The number of aliphatic hydroxyl groups excluding tert-OH is 2. The van der Waals surface area contributed by atoms with Gasteiger partial charge in [-0.2, -0.15) is 0 Å². The van der Waals surface area contributed by atoms with Crippen LogP contribution in [0.3, 0.4) is 0 Å². The Labute approximate surface area is 408 Å². The standard InChI is InChI=1S/C56H62O14/c57-43(29-61-45-13-1-37(2-14-45)39-5-21-52(22-6-39)70-56(60)42-11-19-48(20-12-42)66-34-54-36-68-54)31-63-49-25-27-50(28-26-49)64-32-44(58)30-62-46-17-9-41(10-18-46)55(59)69-51-23-7-40(8-24-51)38-3-15-47(16-4-38)65-33-53-35-67-53/h1-4,9-20,25-28,39-40,43-44,51-54,57-58H,5-8,21-24,29-36H2. The van der Waals surface area contributed by atoms with Crippen LogP contribution in [0.2, 0.25) is 0 Å². The second kappa shape index (κ2) is 24.0. The molecule has 4 fully saturated rings. The average molecular weight is 959 g/mol. The van der Waals surface area contributed by atoms with Crippen LogP contribution in [0.4, 0.5) is 0 Å². The topological polar surface area (TPSA) is 174 Å². The molecule has 70 heavy (non-hydrogen) atoms. The zero-order chi connectivity index (χ0) is 48.1. The van der Waals surface area contributed by atoms with Crippen molar-refractivity contribution in [3.63, 3.8) is 0 Å². The van der Waals surface area contributed by atoms with E-state index >= 15 is 0 Å². The van der Waals surface area contributed by atoms with E-state index in [0.29, 0.717) is 64.9 Å². The second-order valence-corrected chi connectivity index (χ2v) is 18.5. The predicted octanol–water partition coefficient (Wildman–Crippen LogP) is 8.65. The van der Waals surface area contributed by atoms with Gasteiger partial charge in [0, 0.05) is 0 Å². The molecule has 5 aromatic carbocycles. The van der Waals surface area contributed by atoms with E-state index in [2.05, 4.69) is 24.3 Å². The molecule has 2 heterocycles. The predicted molar refractivity (Wildman–Crippen MR) is 257 cm³/mol. The molecule has 9 rings (SSSR count). The van der Waals surface area contributed by atoms with Crippen molar-refractivity contribution < 1.29 is 67.2 Å². The summed E-state index contributed by atoms with van der Waals surface area (Å²) in [6.45, 7) is 2.71. The molecule has 2 aliphatic heterocycles. The molecule has 0 aromatic heterocycles. The van der Waals surface area contributed by atoms with E-state index in [1.807, 2.05) is 24.3 Å². The third-order valence-electron chi connectivity index (χ3n) is 13.0. The van der Waals surface area contributed by atoms with Crippen molar-refractivity contribution >= 4 is 11.9 Å². The number of esters is 2. The minimum absolute atomic E-state index is 0.00262. The van der Waals surface area contributed by atoms with Gasteiger partial charge in [0.05, 0.1) is 24.3 Å². The Balaban J connectivity index is 0.605. The summed E-state index contributed by atoms with van der Waals surface area (Å²) in [4.78, 5) is 25.7. The highest BCUT2D eigenvalue weighted by Gasteiger charge is 2.28. The van der Waals surface area contributed by atoms with E-state index in [4.69, 9.17) is 47.4 Å². The molecule has 2 N–H and O–H groups in total. The average Bonchev–Trinajstić information content (AvgIpc) is 4.36. The Morgan fingerprint density at radius 3 is 0.986 bits per heavy atom. The van der Waals surface area contributed by atoms with Crippen LogP contribution in [0.1, 0.15) is 95.0 Å². The van der Waals surface area contributed by atoms with Gasteiger partial charge in [-0.15, -0.1) is 0 Å². The van der Waals surface area contributed by atoms with Crippen LogP contribution in [0.15, 0.2) is 121 Å². The van der Waals surface area contributed by atoms with E-state index in [1.165, 1.54) is 11.1 Å². The molecule has 5 aromatic rings. The summed E-state index contributed by atoms with van der Waals surface area (Å²) in [7, 11) is 0. The van der Waals surface area contributed by atoms with Gasteiger partial charge in [0.1, 0.15) is 111 Å². The Morgan fingerprint density at radius 2 is 0.686 bits per heavy atom. The van der Waals surface area contributed by atoms with Crippen LogP contribution >= 0.6 is 0 Å². The monoisotopic (exact) mass is 958 g/mol. The molecule has 14 heteroatoms. The molecular formula is C56H62O14. The maximum Gasteiger partial charge on any atom is 0.338 e. The first-order chi connectivity index (χ1) is 34.2. The van der Waals surface area contributed by atoms with Crippen LogP contribution in [-0.2, 0) is 18.9 Å². The molecule has 2 saturated heterocycles. The van der Waals surface area contributed by atoms with Crippen LogP contribution in [0.5, 0.6) is 34.5 Å². The Hall–Kier alpha value is -6.32. The van der Waals surface area contributed by atoms with Gasteiger partial charge in [0.15, 0.2) is 0 Å². The van der Waals surface area contributed by atoms with Gasteiger partial charge in [-0.3, -0.25) is 0 Å². The quantitative estimate of drug-likeness (QED) is 0.0444. The molecule has 0 bridgehead atoms. The molecule has 0 amide bonds. The fourth-order valence-corrected chi connectivity index (χ4v) is 8.72. The van der Waals surface area contributed by atoms with E-state index in [1.54, 1.807) is 72.8 Å². The lowest BCUT2D eigenvalue weighted by Crippen LogP contribution is -2.25. The van der Waals surface area contributed by atoms with Gasteiger partial charge in [-0.25, -0.2) is 9.59 Å². The maximum absolute atomic E-state index is 12.9. The fraction of sp³-hybridized carbons (Fsp3) is 0.429. The van der Waals surface area contributed by atoms with Crippen molar-refractivity contribution in [3.05, 3.63) is 144 Å². The lowest BCUT2D eigenvalue weighted by atomic mass is 9.83. The van der Waals surface area contributed by atoms with Crippen LogP contribution in [-0.4, -0.2) is 112 Å². The highest BCUT2D eigenvalue weighted by molar-refractivity contribution is 5.90. The molecule has 4 atom stereocenters. The maximum atomic E-state index is 12.9. The highest BCUT2D eigenvalue weighted by atomic mass is 16.6. The third kappa shape index (κ3) is 14.8. The van der Waals surface area contributed by atoms with Gasteiger partial charge in [0.2, 0.25) is 0 Å². The van der Waals surface area contributed by atoms with Crippen molar-refractivity contribution in [1.82, 2.24) is 0 Å². The van der Waals surface area contributed by atoms with Gasteiger partial charge in [0.25, 0.3) is 0 Å². The summed E-state index contributed by atoms with van der Waals surface area (Å²) < 4.78 is 56.6. The smallest absolute Gasteiger partial charge is 0.338 e. The van der Waals surface area contributed by atoms with Gasteiger partial charge < -0.3 is 57.6 Å². The van der Waals surface area contributed by atoms with Crippen molar-refractivity contribution in [1.29, 1.82) is 0 Å². The number of rotatable bonds is 24. The number of carbonyl (C=O) groups excluding carboxylic acids is 2. The fourth-order valence-electron chi connectivity index (χ4n) is 8.72. The number of hydrogen-bond donors (Lipinski definition) is 2. The molecule has 0 spiro atoms. The summed E-state index contributed by atoms with van der Waals surface area (Å²) >= 11 is 0. The van der Waals surface area contributed by atoms with Gasteiger partial charge in [-0.05, 0) is 171 Å². The van der Waals surface area contributed by atoms with Crippen LogP contribution in [0.25, 0.3) is 0 Å². The van der Waals surface area contributed by atoms with Crippen molar-refractivity contribution in [2.75, 3.05) is 52.9 Å². The lowest BCUT2D eigenvalue weighted by Gasteiger charge is -2.28. The number of hydrogen-bond acceptors (Lipinski definition) is 14. The van der Waals surface area contributed by atoms with E-state index in [9.17, 15) is 19.8 Å². The molecule has 2 saturated carbocycles. The number of aliphatic hydroxyl groups is 2. The Bertz CT molecular complexity index is 2380. The minimum atomic E-state index is -0.904. The Morgan fingerprint density at radius 1 is 0.414 bits per heavy atom. The zero-order valence-electron chi connectivity index (χ0n) is 39.3. The van der Waals surface area contributed by atoms with Crippen LogP contribution < -0.4 is 28.4 Å². The van der Waals surface area contributed by atoms with Crippen molar-refractivity contribution in [2.45, 2.75) is 99.8 Å². The summed E-state index contributed by atoms with van der Waals surface area (Å²) in [6, 6.07) is 36.9. The zero-order valence-corrected chi connectivity index (χ0v) is 39.3. The minimum Gasteiger partial charge on any atom is -0.491 e. The van der Waals surface area contributed by atoms with E-state index < -0.39 is 12.2 Å². The first-order valence-corrected chi connectivity index (χ1v) is 24.5. The normalized spacial score (nSPS) is 22.4. The molecule has 0 radical (unpaired) electrons. The van der Waals surface area contributed by atoms with Crippen molar-refractivity contribution in [2.24, 2.45) is 0 Å². The lowest BCUT2D eigenvalue weighted by molar-refractivity contribution is 0.0186. The Kier molecular flexibility index (Phi) is 16.7. The summed E-state index contributed by atoms with van der Waals surface area (Å²) in [5, 5.41) is 21.1. The van der Waals surface area contributed by atoms with E-state index in [-0.39, 0.29) is 62.8 Å². The third-order valence-corrected chi connectivity index (χ3v) is 13.0. The molecule has 14 nitrogen and oxygen atoms in total. The molecule has 4 unspecified atom stereocenters. The first kappa shape index (κ1) is 48.7. The number of benzene rings is 5. The number of ether oxygens (including phenoxy) is 10. The largest absolute Gasteiger partial charge is 0.491 e. The molecule has 2 aliphatic carbocycles. The summed E-state index contributed by atoms with van der Waals surface area (Å²) in [6.07, 6.45) is 5.37. The van der Waals surface area contributed by atoms with E-state index in [0.717, 1.165) is 70.3 Å². The van der Waals surface area contributed by atoms with Crippen LogP contribution in [0, 0.1) is 0 Å². The molecular weight excluding hydrogens is 897 g/mol. The second-order valence-electron chi connectivity index (χ2n) is 18.5. The molecule has 370 valence electrons. The number of epoxide rings is 2. The van der Waals surface area contributed by atoms with Crippen molar-refractivity contribution in [3.8, 4) is 34.5 Å². The highest BCUT2D eigenvalue weighted by Crippen LogP contribution is 2.37. The summed E-state index contributed by atoms with van der Waals surface area (Å²) in [5.41, 5.74) is 3.45. The summed E-state index contributed by atoms with van der Waals surface area (Å²) in [5.74, 6) is 3.94. The number of carbonyl (C=O) groups is 2. The SMILES string of the molecule is O=C(OC1CCC(c2ccc(OCC(O)COc3ccc(OCC(O)COc4ccc(C(=O)OC5CCC(c6ccc(OCC7CO7)cc6)CC5)cc4)cc3)cc2)CC1)c1ccc(OCC2CO2)cc1. The first-order valence-electron chi connectivity index (χ1n) is 24.5. The molecule has 4 aliphatic rings.